The van der Waals surface area contributed by atoms with Gasteiger partial charge in [0.15, 0.2) is 0 Å². The minimum absolute atomic E-state index is 0.00540. The largest absolute Gasteiger partial charge is 0.306 e. The monoisotopic (exact) mass is 344 g/mol. The van der Waals surface area contributed by atoms with Gasteiger partial charge in [-0.25, -0.2) is 9.37 Å². The van der Waals surface area contributed by atoms with Crippen molar-refractivity contribution in [1.29, 1.82) is 0 Å². The van der Waals surface area contributed by atoms with Gasteiger partial charge in [0, 0.05) is 5.56 Å². The van der Waals surface area contributed by atoms with E-state index in [9.17, 15) is 9.18 Å². The summed E-state index contributed by atoms with van der Waals surface area (Å²) in [6, 6.07) is 4.21. The van der Waals surface area contributed by atoms with Crippen LogP contribution in [0.4, 0.5) is 4.39 Å². The molecule has 0 atom stereocenters. The second-order valence-corrected chi connectivity index (χ2v) is 5.60. The molecule has 0 saturated carbocycles. The maximum absolute atomic E-state index is 13.1. The molecule has 1 heterocycles. The average Bonchev–Trinajstić information content (AvgIpc) is 2.35. The van der Waals surface area contributed by atoms with Gasteiger partial charge in [-0.1, -0.05) is 25.4 Å². The summed E-state index contributed by atoms with van der Waals surface area (Å²) in [5.74, 6) is -0.0425. The van der Waals surface area contributed by atoms with Gasteiger partial charge in [-0.3, -0.25) is 4.79 Å². The summed E-state index contributed by atoms with van der Waals surface area (Å²) in [6.45, 7) is 3.88. The molecule has 0 amide bonds. The molecule has 0 aliphatic rings. The summed E-state index contributed by atoms with van der Waals surface area (Å²) in [5.41, 5.74) is 0.950. The van der Waals surface area contributed by atoms with E-state index >= 15 is 0 Å². The van der Waals surface area contributed by atoms with E-state index in [0.29, 0.717) is 21.6 Å². The molecule has 0 saturated heterocycles. The zero-order valence-corrected chi connectivity index (χ0v) is 12.6. The van der Waals surface area contributed by atoms with Crippen LogP contribution in [0.5, 0.6) is 0 Å². The normalized spacial score (nSPS) is 11.1. The Morgan fingerprint density at radius 3 is 2.68 bits per heavy atom. The first kappa shape index (κ1) is 14.2. The molecular formula is C13H11BrClFN2O. The predicted octanol–water partition coefficient (Wildman–Crippen LogP) is 4.12. The van der Waals surface area contributed by atoms with E-state index < -0.39 is 5.82 Å². The van der Waals surface area contributed by atoms with E-state index in [1.165, 1.54) is 18.2 Å². The fraction of sp³-hybridized carbons (Fsp3) is 0.231. The Labute approximate surface area is 123 Å². The molecule has 100 valence electrons. The lowest BCUT2D eigenvalue weighted by Crippen LogP contribution is -2.14. The summed E-state index contributed by atoms with van der Waals surface area (Å²) in [4.78, 5) is 18.9. The zero-order valence-electron chi connectivity index (χ0n) is 10.3. The number of halogens is 3. The minimum atomic E-state index is -0.506. The Bertz CT molecular complexity index is 685. The van der Waals surface area contributed by atoms with Crippen LogP contribution in [-0.4, -0.2) is 9.97 Å². The number of aromatic amines is 1. The molecule has 19 heavy (non-hydrogen) atoms. The van der Waals surface area contributed by atoms with Crippen molar-refractivity contribution in [3.8, 4) is 11.4 Å². The lowest BCUT2D eigenvalue weighted by molar-refractivity contribution is 0.628. The second kappa shape index (κ2) is 5.43. The van der Waals surface area contributed by atoms with Crippen molar-refractivity contribution < 1.29 is 4.39 Å². The van der Waals surface area contributed by atoms with Gasteiger partial charge >= 0.3 is 0 Å². The third-order valence-corrected chi connectivity index (χ3v) is 3.68. The van der Waals surface area contributed by atoms with Crippen molar-refractivity contribution in [1.82, 2.24) is 9.97 Å². The van der Waals surface area contributed by atoms with Crippen molar-refractivity contribution in [3.05, 3.63) is 49.6 Å². The molecule has 0 fully saturated rings. The van der Waals surface area contributed by atoms with E-state index in [4.69, 9.17) is 11.6 Å². The van der Waals surface area contributed by atoms with Crippen LogP contribution in [0.2, 0.25) is 5.02 Å². The van der Waals surface area contributed by atoms with Gasteiger partial charge in [0.1, 0.15) is 16.1 Å². The molecule has 0 aliphatic carbocycles. The zero-order chi connectivity index (χ0) is 14.2. The molecule has 1 aromatic heterocycles. The van der Waals surface area contributed by atoms with Gasteiger partial charge in [-0.15, -0.1) is 0 Å². The Kier molecular flexibility index (Phi) is 4.06. The van der Waals surface area contributed by atoms with Crippen LogP contribution in [0.1, 0.15) is 25.5 Å². The van der Waals surface area contributed by atoms with Crippen LogP contribution in [0.25, 0.3) is 11.4 Å². The Morgan fingerprint density at radius 1 is 1.42 bits per heavy atom. The number of nitrogens with one attached hydrogen (secondary N) is 1. The van der Waals surface area contributed by atoms with Crippen molar-refractivity contribution in [2.24, 2.45) is 0 Å². The first-order chi connectivity index (χ1) is 8.90. The van der Waals surface area contributed by atoms with E-state index in [-0.39, 0.29) is 16.5 Å². The number of hydrogen-bond donors (Lipinski definition) is 1. The average molecular weight is 346 g/mol. The fourth-order valence-corrected chi connectivity index (χ4v) is 2.47. The number of benzene rings is 1. The summed E-state index contributed by atoms with van der Waals surface area (Å²) in [5, 5.41) is -0.00540. The highest BCUT2D eigenvalue weighted by molar-refractivity contribution is 9.10. The van der Waals surface area contributed by atoms with Crippen LogP contribution in [0.3, 0.4) is 0 Å². The molecule has 1 aromatic carbocycles. The maximum atomic E-state index is 13.1. The number of hydrogen-bond acceptors (Lipinski definition) is 2. The topological polar surface area (TPSA) is 45.8 Å². The second-order valence-electron chi connectivity index (χ2n) is 4.40. The number of rotatable bonds is 2. The summed E-state index contributed by atoms with van der Waals surface area (Å²) >= 11 is 8.95. The highest BCUT2D eigenvalue weighted by atomic mass is 79.9. The number of H-pyrrole nitrogens is 1. The summed E-state index contributed by atoms with van der Waals surface area (Å²) in [6.07, 6.45) is 0. The van der Waals surface area contributed by atoms with Crippen molar-refractivity contribution >= 4 is 27.5 Å². The molecule has 6 heteroatoms. The fourth-order valence-electron chi connectivity index (χ4n) is 1.64. The van der Waals surface area contributed by atoms with Gasteiger partial charge in [0.05, 0.1) is 10.7 Å². The van der Waals surface area contributed by atoms with Crippen LogP contribution in [0.15, 0.2) is 27.5 Å². The first-order valence-electron chi connectivity index (χ1n) is 5.65. The molecule has 0 unspecified atom stereocenters. The smallest absolute Gasteiger partial charge is 0.265 e. The summed E-state index contributed by atoms with van der Waals surface area (Å²) < 4.78 is 13.5. The minimum Gasteiger partial charge on any atom is -0.306 e. The van der Waals surface area contributed by atoms with Gasteiger partial charge in [0.2, 0.25) is 0 Å². The Balaban J connectivity index is 2.63. The van der Waals surface area contributed by atoms with Gasteiger partial charge < -0.3 is 4.98 Å². The van der Waals surface area contributed by atoms with Crippen LogP contribution in [0, 0.1) is 5.82 Å². The van der Waals surface area contributed by atoms with Crippen LogP contribution < -0.4 is 5.56 Å². The lowest BCUT2D eigenvalue weighted by atomic mass is 10.1. The molecule has 0 radical (unpaired) electrons. The van der Waals surface area contributed by atoms with Gasteiger partial charge in [-0.05, 0) is 40.0 Å². The molecular weight excluding hydrogens is 335 g/mol. The quantitative estimate of drug-likeness (QED) is 0.890. The molecule has 2 rings (SSSR count). The molecule has 0 spiro atoms. The highest BCUT2D eigenvalue weighted by Gasteiger charge is 2.13. The van der Waals surface area contributed by atoms with Crippen molar-refractivity contribution in [2.75, 3.05) is 0 Å². The van der Waals surface area contributed by atoms with E-state index in [2.05, 4.69) is 25.9 Å². The Morgan fingerprint density at radius 2 is 2.11 bits per heavy atom. The summed E-state index contributed by atoms with van der Waals surface area (Å²) in [7, 11) is 0. The van der Waals surface area contributed by atoms with E-state index in [0.717, 1.165) is 0 Å². The number of aromatic nitrogens is 2. The third kappa shape index (κ3) is 2.87. The van der Waals surface area contributed by atoms with E-state index in [1.54, 1.807) is 0 Å². The van der Waals surface area contributed by atoms with Crippen LogP contribution in [-0.2, 0) is 0 Å². The maximum Gasteiger partial charge on any atom is 0.265 e. The molecule has 0 bridgehead atoms. The van der Waals surface area contributed by atoms with Crippen molar-refractivity contribution in [3.63, 3.8) is 0 Å². The molecule has 2 aromatic rings. The molecule has 3 nitrogen and oxygen atoms in total. The van der Waals surface area contributed by atoms with Crippen LogP contribution >= 0.6 is 27.5 Å². The Hall–Kier alpha value is -1.20. The van der Waals surface area contributed by atoms with E-state index in [1.807, 2.05) is 13.8 Å². The first-order valence-corrected chi connectivity index (χ1v) is 6.82. The standard InChI is InChI=1S/C13H11BrClFN2O/c1-6(2)11-10(14)13(19)18-12(17-11)7-3-4-9(16)8(15)5-7/h3-6H,1-2H3,(H,17,18,19). The molecule has 0 aliphatic heterocycles. The SMILES string of the molecule is CC(C)c1nc(-c2ccc(F)c(Cl)c2)[nH]c(=O)c1Br. The van der Waals surface area contributed by atoms with Crippen molar-refractivity contribution in [2.45, 2.75) is 19.8 Å². The predicted molar refractivity (Wildman–Crippen MR) is 77.1 cm³/mol. The van der Waals surface area contributed by atoms with Gasteiger partial charge in [-0.2, -0.15) is 0 Å². The van der Waals surface area contributed by atoms with Gasteiger partial charge in [0.25, 0.3) is 5.56 Å². The third-order valence-electron chi connectivity index (χ3n) is 2.63. The highest BCUT2D eigenvalue weighted by Crippen LogP contribution is 2.25. The lowest BCUT2D eigenvalue weighted by Gasteiger charge is -2.09. The number of nitrogens with zero attached hydrogens (tertiary/aromatic N) is 1. The molecule has 1 N–H and O–H groups in total.